The van der Waals surface area contributed by atoms with Gasteiger partial charge in [-0.1, -0.05) is 24.3 Å². The van der Waals surface area contributed by atoms with Gasteiger partial charge >= 0.3 is 6.09 Å². The number of anilines is 1. The van der Waals surface area contributed by atoms with Crippen LogP contribution in [0.2, 0.25) is 0 Å². The first kappa shape index (κ1) is 33.2. The Bertz CT molecular complexity index is 1720. The van der Waals surface area contributed by atoms with Crippen molar-refractivity contribution in [2.24, 2.45) is 0 Å². The molecule has 1 aliphatic carbocycles. The molecule has 11 nitrogen and oxygen atoms in total. The van der Waals surface area contributed by atoms with Gasteiger partial charge in [-0.25, -0.2) is 22.9 Å². The van der Waals surface area contributed by atoms with Gasteiger partial charge in [0.25, 0.3) is 15.9 Å². The molecule has 0 saturated heterocycles. The Hall–Kier alpha value is -4.19. The Morgan fingerprint density at radius 3 is 2.33 bits per heavy atom. The van der Waals surface area contributed by atoms with E-state index in [1.807, 2.05) is 66.7 Å². The van der Waals surface area contributed by atoms with Crippen molar-refractivity contribution in [2.75, 3.05) is 11.3 Å². The van der Waals surface area contributed by atoms with Gasteiger partial charge in [-0.2, -0.15) is 4.98 Å². The van der Waals surface area contributed by atoms with Crippen molar-refractivity contribution in [3.05, 3.63) is 64.7 Å². The highest BCUT2D eigenvalue weighted by Gasteiger charge is 2.35. The van der Waals surface area contributed by atoms with Crippen molar-refractivity contribution in [3.8, 4) is 17.1 Å². The summed E-state index contributed by atoms with van der Waals surface area (Å²) in [6.07, 6.45) is 2.15. The number of hydrogen-bond acceptors (Lipinski definition) is 8. The van der Waals surface area contributed by atoms with Crippen molar-refractivity contribution >= 4 is 28.0 Å². The number of hydrogen-bond donors (Lipinski definition) is 2. The van der Waals surface area contributed by atoms with Crippen molar-refractivity contribution in [3.63, 3.8) is 0 Å². The molecule has 46 heavy (non-hydrogen) atoms. The molecule has 5 rings (SSSR count). The summed E-state index contributed by atoms with van der Waals surface area (Å²) < 4.78 is 41.5. The van der Waals surface area contributed by atoms with Crippen molar-refractivity contribution in [1.82, 2.24) is 20.2 Å². The predicted molar refractivity (Wildman–Crippen MR) is 175 cm³/mol. The first-order valence-electron chi connectivity index (χ1n) is 15.7. The van der Waals surface area contributed by atoms with Crippen LogP contribution >= 0.6 is 0 Å². The van der Waals surface area contributed by atoms with Gasteiger partial charge in [0.05, 0.1) is 16.6 Å². The molecule has 1 aliphatic heterocycles. The number of carbonyl (C=O) groups excluding carboxylic acids is 2. The van der Waals surface area contributed by atoms with Gasteiger partial charge in [0.2, 0.25) is 11.8 Å². The minimum atomic E-state index is -4.16. The summed E-state index contributed by atoms with van der Waals surface area (Å²) in [7, 11) is -4.16. The van der Waals surface area contributed by atoms with Crippen LogP contribution in [0.3, 0.4) is 0 Å². The van der Waals surface area contributed by atoms with Crippen LogP contribution in [0.25, 0.3) is 11.3 Å². The molecule has 2 heterocycles. The first-order valence-corrected chi connectivity index (χ1v) is 17.1. The Kier molecular flexibility index (Phi) is 9.30. The summed E-state index contributed by atoms with van der Waals surface area (Å²) in [6, 6.07) is 11.3. The molecule has 1 atom stereocenters. The second-order valence-electron chi connectivity index (χ2n) is 13.3. The lowest BCUT2D eigenvalue weighted by molar-refractivity contribution is 0.0377. The zero-order valence-corrected chi connectivity index (χ0v) is 28.3. The lowest BCUT2D eigenvalue weighted by Gasteiger charge is -2.40. The normalized spacial score (nSPS) is 21.5. The number of fused-ring (bicyclic) bond motifs is 4. The molecular weight excluding hydrogens is 606 g/mol. The zero-order valence-electron chi connectivity index (χ0n) is 27.5. The largest absolute Gasteiger partial charge is 0.475 e. The predicted octanol–water partition coefficient (Wildman–Crippen LogP) is 5.93. The van der Waals surface area contributed by atoms with Gasteiger partial charge in [0, 0.05) is 28.8 Å². The van der Waals surface area contributed by atoms with Crippen LogP contribution in [-0.4, -0.2) is 65.6 Å². The van der Waals surface area contributed by atoms with Crippen LogP contribution in [0.5, 0.6) is 5.88 Å². The lowest BCUT2D eigenvalue weighted by atomic mass is 9.89. The summed E-state index contributed by atoms with van der Waals surface area (Å²) in [4.78, 5) is 37.4. The number of carbonyl (C=O) groups is 2. The highest BCUT2D eigenvalue weighted by atomic mass is 32.2. The molecule has 1 aromatic heterocycles. The van der Waals surface area contributed by atoms with Crippen molar-refractivity contribution in [1.29, 1.82) is 0 Å². The third kappa shape index (κ3) is 7.27. The molecule has 1 saturated carbocycles. The molecule has 2 N–H and O–H groups in total. The highest BCUT2D eigenvalue weighted by molar-refractivity contribution is 7.92. The molecular formula is C34H43N5O6S. The summed E-state index contributed by atoms with van der Waals surface area (Å²) in [6.45, 7) is 13.3. The monoisotopic (exact) mass is 649 g/mol. The van der Waals surface area contributed by atoms with Crippen LogP contribution < -0.4 is 14.8 Å². The third-order valence-corrected chi connectivity index (χ3v) is 9.74. The van der Waals surface area contributed by atoms with E-state index in [4.69, 9.17) is 9.47 Å². The van der Waals surface area contributed by atoms with E-state index in [1.165, 1.54) is 12.1 Å². The summed E-state index contributed by atoms with van der Waals surface area (Å²) in [5.41, 5.74) is 3.72. The third-order valence-electron chi connectivity index (χ3n) is 8.42. The van der Waals surface area contributed by atoms with Crippen LogP contribution in [-0.2, 0) is 14.8 Å². The molecule has 3 aromatic rings. The topological polar surface area (TPSA) is 140 Å². The fraction of sp³-hybridized carbons (Fsp3) is 0.471. The number of aromatic nitrogens is 2. The molecule has 2 amide bonds. The van der Waals surface area contributed by atoms with Crippen LogP contribution in [0.15, 0.2) is 47.4 Å². The minimum Gasteiger partial charge on any atom is -0.475 e. The van der Waals surface area contributed by atoms with E-state index in [9.17, 15) is 18.0 Å². The smallest absolute Gasteiger partial charge is 0.407 e. The second kappa shape index (κ2) is 12.9. The SMILES string of the molecule is Cc1cccc(C)c1-c1nc2nc(c1C)OC[C@@H](C)N(C1CCC(NC(=O)OC(C)(C)C)CC1)C(=O)c1cccc(c1)S(=O)(=O)N2. The molecule has 4 bridgehead atoms. The molecule has 12 heteroatoms. The number of rotatable bonds is 3. The highest BCUT2D eigenvalue weighted by Crippen LogP contribution is 2.34. The number of alkyl carbamates (subject to hydrolysis) is 1. The number of amides is 2. The van der Waals surface area contributed by atoms with E-state index in [1.54, 1.807) is 17.0 Å². The number of aryl methyl sites for hydroxylation is 2. The van der Waals surface area contributed by atoms with Crippen LogP contribution in [0.1, 0.15) is 80.4 Å². The zero-order chi connectivity index (χ0) is 33.4. The minimum absolute atomic E-state index is 0.0734. The Morgan fingerprint density at radius 1 is 1.02 bits per heavy atom. The van der Waals surface area contributed by atoms with Gasteiger partial charge < -0.3 is 19.7 Å². The Balaban J connectivity index is 1.50. The van der Waals surface area contributed by atoms with Gasteiger partial charge in [-0.15, -0.1) is 0 Å². The number of nitrogens with one attached hydrogen (secondary N) is 2. The number of ether oxygens (including phenoxy) is 2. The molecule has 246 valence electrons. The van der Waals surface area contributed by atoms with E-state index >= 15 is 0 Å². The maximum absolute atomic E-state index is 14.2. The molecule has 2 aliphatic rings. The lowest BCUT2D eigenvalue weighted by Crippen LogP contribution is -2.51. The fourth-order valence-electron chi connectivity index (χ4n) is 6.22. The average Bonchev–Trinajstić information content (AvgIpc) is 2.97. The van der Waals surface area contributed by atoms with E-state index in [-0.39, 0.29) is 52.9 Å². The first-order chi connectivity index (χ1) is 21.6. The maximum atomic E-state index is 14.2. The molecule has 2 aromatic carbocycles. The van der Waals surface area contributed by atoms with E-state index in [0.717, 1.165) is 16.7 Å². The summed E-state index contributed by atoms with van der Waals surface area (Å²) in [5, 5.41) is 2.96. The van der Waals surface area contributed by atoms with E-state index in [2.05, 4.69) is 20.0 Å². The van der Waals surface area contributed by atoms with Gasteiger partial charge in [0.15, 0.2) is 0 Å². The number of sulfonamides is 1. The van der Waals surface area contributed by atoms with Crippen molar-refractivity contribution in [2.45, 2.75) is 103 Å². The van der Waals surface area contributed by atoms with Gasteiger partial charge in [-0.3, -0.25) is 4.79 Å². The number of nitrogens with zero attached hydrogens (tertiary/aromatic N) is 3. The van der Waals surface area contributed by atoms with E-state index in [0.29, 0.717) is 36.9 Å². The van der Waals surface area contributed by atoms with Crippen molar-refractivity contribution < 1.29 is 27.5 Å². The second-order valence-corrected chi connectivity index (χ2v) is 14.9. The van der Waals surface area contributed by atoms with Crippen LogP contribution in [0.4, 0.5) is 10.7 Å². The molecule has 1 fully saturated rings. The summed E-state index contributed by atoms with van der Waals surface area (Å²) >= 11 is 0. The molecule has 0 radical (unpaired) electrons. The average molecular weight is 650 g/mol. The Morgan fingerprint density at radius 2 is 1.67 bits per heavy atom. The maximum Gasteiger partial charge on any atom is 0.407 e. The Labute approximate surface area is 271 Å². The quantitative estimate of drug-likeness (QED) is 0.356. The van der Waals surface area contributed by atoms with E-state index < -0.39 is 21.7 Å². The number of benzene rings is 2. The fourth-order valence-corrected chi connectivity index (χ4v) is 7.21. The van der Waals surface area contributed by atoms with Gasteiger partial charge in [0.1, 0.15) is 12.2 Å². The van der Waals surface area contributed by atoms with Crippen LogP contribution in [0, 0.1) is 20.8 Å². The van der Waals surface area contributed by atoms with Gasteiger partial charge in [-0.05, 0) is 103 Å². The molecule has 0 unspecified atom stereocenters. The standard InChI is InChI=1S/C34H43N5O6S/c1-20-10-8-11-21(2)28(20)29-23(4)30-37-32(36-29)38-46(42,43)27-13-9-12-24(18-27)31(40)39(22(3)19-44-30)26-16-14-25(15-17-26)35-33(41)45-34(5,6)7/h8-13,18,22,25-26H,14-17,19H2,1-7H3,(H,35,41)(H,36,37,38)/t22-,25?,26?/m1/s1. The summed E-state index contributed by atoms with van der Waals surface area (Å²) in [5.74, 6) is -0.169. The molecule has 0 spiro atoms.